The van der Waals surface area contributed by atoms with Crippen molar-refractivity contribution in [3.05, 3.63) is 29.8 Å². The molecule has 2 aromatic rings. The van der Waals surface area contributed by atoms with Crippen molar-refractivity contribution in [2.24, 2.45) is 0 Å². The lowest BCUT2D eigenvalue weighted by Gasteiger charge is -2.24. The van der Waals surface area contributed by atoms with Crippen molar-refractivity contribution in [3.8, 4) is 6.07 Å². The molecule has 0 amide bonds. The maximum Gasteiger partial charge on any atom is 0.158 e. The summed E-state index contributed by atoms with van der Waals surface area (Å²) in [6.07, 6.45) is 3.01. The summed E-state index contributed by atoms with van der Waals surface area (Å²) < 4.78 is 5.67. The van der Waals surface area contributed by atoms with Crippen LogP contribution in [-0.2, 0) is 4.74 Å². The van der Waals surface area contributed by atoms with Gasteiger partial charge in [0.25, 0.3) is 0 Å². The molecular formula is C15H18N8O. The predicted molar refractivity (Wildman–Crippen MR) is 87.9 cm³/mol. The van der Waals surface area contributed by atoms with Gasteiger partial charge in [0.2, 0.25) is 0 Å². The number of hydrogen-bond acceptors (Lipinski definition) is 9. The maximum absolute atomic E-state index is 8.73. The number of hydrogen-bond donors (Lipinski definition) is 3. The average Bonchev–Trinajstić information content (AvgIpc) is 2.63. The van der Waals surface area contributed by atoms with E-state index in [4.69, 9.17) is 10.00 Å². The van der Waals surface area contributed by atoms with Crippen molar-refractivity contribution in [3.63, 3.8) is 0 Å². The van der Waals surface area contributed by atoms with Crippen molar-refractivity contribution < 1.29 is 4.74 Å². The van der Waals surface area contributed by atoms with Gasteiger partial charge < -0.3 is 20.7 Å². The van der Waals surface area contributed by atoms with Gasteiger partial charge in [-0.1, -0.05) is 0 Å². The molecule has 0 spiro atoms. The number of nitriles is 1. The number of ether oxygens (including phenoxy) is 1. The number of morpholine rings is 1. The molecule has 3 heterocycles. The molecule has 1 aliphatic rings. The van der Waals surface area contributed by atoms with E-state index in [0.717, 1.165) is 31.1 Å². The monoisotopic (exact) mass is 326 g/mol. The Labute approximate surface area is 139 Å². The van der Waals surface area contributed by atoms with E-state index in [9.17, 15) is 0 Å². The van der Waals surface area contributed by atoms with Crippen LogP contribution in [0.1, 0.15) is 11.4 Å². The maximum atomic E-state index is 8.73. The van der Waals surface area contributed by atoms with Crippen LogP contribution in [0.5, 0.6) is 0 Å². The summed E-state index contributed by atoms with van der Waals surface area (Å²) in [4.78, 5) is 8.06. The van der Waals surface area contributed by atoms with Crippen molar-refractivity contribution in [1.82, 2.24) is 25.5 Å². The molecule has 2 aromatic heterocycles. The highest BCUT2D eigenvalue weighted by Gasteiger charge is 2.14. The largest absolute Gasteiger partial charge is 0.381 e. The van der Waals surface area contributed by atoms with Crippen molar-refractivity contribution >= 4 is 17.3 Å². The number of nitrogens with one attached hydrogen (secondary N) is 3. The summed E-state index contributed by atoms with van der Waals surface area (Å²) >= 11 is 0. The standard InChI is InChI=1S/C15H18N8O/c1-10-13(19-8-12-7-17-2-3-24-12)4-14(23-22-10)21-15-9-18-11(5-16)6-20-15/h4,6,9,12,17H,2-3,7-8H2,1H3,(H2,19,20,21,23)/t12-/m0/s1. The topological polar surface area (TPSA) is 121 Å². The summed E-state index contributed by atoms with van der Waals surface area (Å²) in [6, 6.07) is 3.79. The third kappa shape index (κ3) is 4.13. The Morgan fingerprint density at radius 3 is 2.96 bits per heavy atom. The van der Waals surface area contributed by atoms with Crippen molar-refractivity contribution in [2.45, 2.75) is 13.0 Å². The fourth-order valence-corrected chi connectivity index (χ4v) is 2.25. The highest BCUT2D eigenvalue weighted by atomic mass is 16.5. The summed E-state index contributed by atoms with van der Waals surface area (Å²) in [6.45, 7) is 5.03. The second-order valence-corrected chi connectivity index (χ2v) is 5.33. The fraction of sp³-hybridized carbons (Fsp3) is 0.400. The van der Waals surface area contributed by atoms with Crippen LogP contribution < -0.4 is 16.0 Å². The van der Waals surface area contributed by atoms with Crippen LogP contribution in [0, 0.1) is 18.3 Å². The van der Waals surface area contributed by atoms with Gasteiger partial charge in [0.05, 0.1) is 36.5 Å². The van der Waals surface area contributed by atoms with E-state index in [-0.39, 0.29) is 11.8 Å². The molecule has 0 radical (unpaired) electrons. The van der Waals surface area contributed by atoms with E-state index in [0.29, 0.717) is 18.2 Å². The lowest BCUT2D eigenvalue weighted by Crippen LogP contribution is -2.42. The summed E-state index contributed by atoms with van der Waals surface area (Å²) in [5.74, 6) is 1.04. The van der Waals surface area contributed by atoms with E-state index in [1.165, 1.54) is 12.4 Å². The zero-order chi connectivity index (χ0) is 16.8. The third-order valence-corrected chi connectivity index (χ3v) is 3.53. The molecule has 1 fully saturated rings. The Balaban J connectivity index is 1.65. The molecule has 9 heteroatoms. The first-order valence-corrected chi connectivity index (χ1v) is 7.64. The second-order valence-electron chi connectivity index (χ2n) is 5.33. The number of aryl methyl sites for hydroxylation is 1. The normalized spacial score (nSPS) is 17.1. The van der Waals surface area contributed by atoms with E-state index in [1.807, 2.05) is 19.1 Å². The van der Waals surface area contributed by atoms with Gasteiger partial charge in [0.1, 0.15) is 11.9 Å². The van der Waals surface area contributed by atoms with Gasteiger partial charge in [0.15, 0.2) is 11.5 Å². The van der Waals surface area contributed by atoms with Crippen LogP contribution in [0.15, 0.2) is 18.5 Å². The Kier molecular flexibility index (Phi) is 5.10. The quantitative estimate of drug-likeness (QED) is 0.724. The van der Waals surface area contributed by atoms with E-state index >= 15 is 0 Å². The first-order valence-electron chi connectivity index (χ1n) is 7.64. The van der Waals surface area contributed by atoms with Crippen molar-refractivity contribution in [1.29, 1.82) is 5.26 Å². The molecule has 0 aliphatic carbocycles. The minimum absolute atomic E-state index is 0.132. The van der Waals surface area contributed by atoms with Crippen LogP contribution in [-0.4, -0.2) is 52.5 Å². The molecule has 1 saturated heterocycles. The highest BCUT2D eigenvalue weighted by molar-refractivity contribution is 5.59. The van der Waals surface area contributed by atoms with Gasteiger partial charge in [-0.2, -0.15) is 10.4 Å². The van der Waals surface area contributed by atoms with Crippen LogP contribution in [0.2, 0.25) is 0 Å². The Bertz CT molecular complexity index is 721. The molecule has 0 saturated carbocycles. The second kappa shape index (κ2) is 7.63. The van der Waals surface area contributed by atoms with Gasteiger partial charge in [-0.3, -0.25) is 0 Å². The van der Waals surface area contributed by atoms with Crippen LogP contribution in [0.25, 0.3) is 0 Å². The summed E-state index contributed by atoms with van der Waals surface area (Å²) in [5.41, 5.74) is 1.94. The smallest absolute Gasteiger partial charge is 0.158 e. The fourth-order valence-electron chi connectivity index (χ4n) is 2.25. The number of aromatic nitrogens is 4. The number of rotatable bonds is 5. The zero-order valence-corrected chi connectivity index (χ0v) is 13.3. The summed E-state index contributed by atoms with van der Waals surface area (Å²) in [7, 11) is 0. The molecule has 0 unspecified atom stereocenters. The van der Waals surface area contributed by atoms with Gasteiger partial charge in [-0.25, -0.2) is 9.97 Å². The molecule has 0 aromatic carbocycles. The van der Waals surface area contributed by atoms with Gasteiger partial charge >= 0.3 is 0 Å². The van der Waals surface area contributed by atoms with E-state index in [1.54, 1.807) is 0 Å². The van der Waals surface area contributed by atoms with Gasteiger partial charge in [-0.05, 0) is 6.92 Å². The predicted octanol–water partition coefficient (Wildman–Crippen LogP) is 0.591. The van der Waals surface area contributed by atoms with E-state index < -0.39 is 0 Å². The third-order valence-electron chi connectivity index (χ3n) is 3.53. The summed E-state index contributed by atoms with van der Waals surface area (Å²) in [5, 5.41) is 26.6. The van der Waals surface area contributed by atoms with Gasteiger partial charge in [0, 0.05) is 25.7 Å². The molecule has 0 bridgehead atoms. The van der Waals surface area contributed by atoms with E-state index in [2.05, 4.69) is 36.1 Å². The minimum atomic E-state index is 0.132. The van der Waals surface area contributed by atoms with Crippen LogP contribution >= 0.6 is 0 Å². The highest BCUT2D eigenvalue weighted by Crippen LogP contribution is 2.18. The lowest BCUT2D eigenvalue weighted by molar-refractivity contribution is 0.0372. The molecule has 1 aliphatic heterocycles. The molecular weight excluding hydrogens is 308 g/mol. The molecule has 3 rings (SSSR count). The SMILES string of the molecule is Cc1nnc(Nc2cnc(C#N)cn2)cc1NC[C@@H]1CNCCO1. The molecule has 124 valence electrons. The molecule has 3 N–H and O–H groups in total. The average molecular weight is 326 g/mol. The molecule has 9 nitrogen and oxygen atoms in total. The number of nitrogens with zero attached hydrogens (tertiary/aromatic N) is 5. The first-order chi connectivity index (χ1) is 11.7. The lowest BCUT2D eigenvalue weighted by atomic mass is 10.2. The molecule has 1 atom stereocenters. The Morgan fingerprint density at radius 2 is 2.25 bits per heavy atom. The van der Waals surface area contributed by atoms with Crippen molar-refractivity contribution in [2.75, 3.05) is 36.9 Å². The first kappa shape index (κ1) is 16.0. The van der Waals surface area contributed by atoms with Crippen LogP contribution in [0.4, 0.5) is 17.3 Å². The van der Waals surface area contributed by atoms with Gasteiger partial charge in [-0.15, -0.1) is 5.10 Å². The number of anilines is 3. The van der Waals surface area contributed by atoms with Crippen LogP contribution in [0.3, 0.4) is 0 Å². The minimum Gasteiger partial charge on any atom is -0.381 e. The molecule has 24 heavy (non-hydrogen) atoms. The zero-order valence-electron chi connectivity index (χ0n) is 13.3. The Hall–Kier alpha value is -2.83. The Morgan fingerprint density at radius 1 is 1.33 bits per heavy atom.